The van der Waals surface area contributed by atoms with Crippen LogP contribution in [0, 0.1) is 0 Å². The Hall–Kier alpha value is -4.00. The number of phenolic OH excluding ortho intramolecular Hbond substituents is 1. The van der Waals surface area contributed by atoms with Gasteiger partial charge in [-0.2, -0.15) is 0 Å². The SMILES string of the molecule is O=C(c1ccc(OCCN2CCCC2)cc1)n1c(-c2ccc(Sc3ccccc3)cc2)cc2cc(O)ccc21. The van der Waals surface area contributed by atoms with Gasteiger partial charge in [0.1, 0.15) is 18.1 Å². The van der Waals surface area contributed by atoms with Crippen molar-refractivity contribution in [3.63, 3.8) is 0 Å². The van der Waals surface area contributed by atoms with Gasteiger partial charge in [-0.1, -0.05) is 42.1 Å². The van der Waals surface area contributed by atoms with E-state index in [2.05, 4.69) is 29.2 Å². The third-order valence-corrected chi connectivity index (χ3v) is 8.11. The Kier molecular flexibility index (Phi) is 7.39. The normalized spacial score (nSPS) is 13.6. The predicted molar refractivity (Wildman–Crippen MR) is 157 cm³/mol. The minimum Gasteiger partial charge on any atom is -0.508 e. The van der Waals surface area contributed by atoms with Gasteiger partial charge in [0.25, 0.3) is 5.91 Å². The Labute approximate surface area is 232 Å². The van der Waals surface area contributed by atoms with Crippen LogP contribution in [0.3, 0.4) is 0 Å². The average molecular weight is 535 g/mol. The molecule has 1 aromatic heterocycles. The van der Waals surface area contributed by atoms with E-state index in [0.29, 0.717) is 12.2 Å². The quantitative estimate of drug-likeness (QED) is 0.226. The van der Waals surface area contributed by atoms with Crippen molar-refractivity contribution in [3.8, 4) is 22.8 Å². The third-order valence-electron chi connectivity index (χ3n) is 7.09. The van der Waals surface area contributed by atoms with Crippen LogP contribution in [-0.4, -0.2) is 46.7 Å². The maximum atomic E-state index is 13.9. The molecule has 0 saturated carbocycles. The highest BCUT2D eigenvalue weighted by Crippen LogP contribution is 2.34. The molecule has 0 spiro atoms. The van der Waals surface area contributed by atoms with Crippen molar-refractivity contribution in [2.75, 3.05) is 26.2 Å². The summed E-state index contributed by atoms with van der Waals surface area (Å²) in [5, 5.41) is 10.9. The number of aromatic hydroxyl groups is 1. The maximum absolute atomic E-state index is 13.9. The molecule has 0 amide bonds. The van der Waals surface area contributed by atoms with E-state index in [0.717, 1.165) is 52.4 Å². The van der Waals surface area contributed by atoms with Crippen LogP contribution in [0.15, 0.2) is 113 Å². The Morgan fingerprint density at radius 2 is 1.54 bits per heavy atom. The van der Waals surface area contributed by atoms with Crippen LogP contribution in [-0.2, 0) is 0 Å². The molecule has 6 rings (SSSR count). The van der Waals surface area contributed by atoms with Gasteiger partial charge in [-0.15, -0.1) is 0 Å². The van der Waals surface area contributed by atoms with Crippen LogP contribution < -0.4 is 4.74 Å². The highest BCUT2D eigenvalue weighted by atomic mass is 32.2. The predicted octanol–water partition coefficient (Wildman–Crippen LogP) is 7.33. The molecule has 1 N–H and O–H groups in total. The molecule has 1 saturated heterocycles. The fourth-order valence-corrected chi connectivity index (χ4v) is 5.91. The van der Waals surface area contributed by atoms with Gasteiger partial charge in [-0.25, -0.2) is 0 Å². The Balaban J connectivity index is 1.26. The van der Waals surface area contributed by atoms with Gasteiger partial charge in [0.15, 0.2) is 0 Å². The second kappa shape index (κ2) is 11.4. The number of carbonyl (C=O) groups excluding carboxylic acids is 1. The minimum absolute atomic E-state index is 0.128. The van der Waals surface area contributed by atoms with Crippen LogP contribution in [0.2, 0.25) is 0 Å². The molecule has 6 heteroatoms. The molecule has 1 aliphatic heterocycles. The van der Waals surface area contributed by atoms with E-state index in [-0.39, 0.29) is 11.7 Å². The molecule has 4 aromatic carbocycles. The van der Waals surface area contributed by atoms with Crippen LogP contribution in [0.5, 0.6) is 11.5 Å². The van der Waals surface area contributed by atoms with Crippen molar-refractivity contribution in [3.05, 3.63) is 109 Å². The van der Waals surface area contributed by atoms with Crippen LogP contribution >= 0.6 is 11.8 Å². The molecule has 1 fully saturated rings. The lowest BCUT2D eigenvalue weighted by atomic mass is 10.1. The number of benzene rings is 4. The number of hydrogen-bond acceptors (Lipinski definition) is 5. The molecule has 5 nitrogen and oxygen atoms in total. The highest BCUT2D eigenvalue weighted by Gasteiger charge is 2.19. The summed E-state index contributed by atoms with van der Waals surface area (Å²) in [6, 6.07) is 32.9. The van der Waals surface area contributed by atoms with Gasteiger partial charge in [0, 0.05) is 27.3 Å². The van der Waals surface area contributed by atoms with E-state index in [1.54, 1.807) is 34.5 Å². The molecule has 0 unspecified atom stereocenters. The van der Waals surface area contributed by atoms with E-state index in [1.807, 2.05) is 60.7 Å². The first-order valence-electron chi connectivity index (χ1n) is 13.3. The zero-order chi connectivity index (χ0) is 26.6. The smallest absolute Gasteiger partial charge is 0.262 e. The number of nitrogens with zero attached hydrogens (tertiary/aromatic N) is 2. The van der Waals surface area contributed by atoms with Gasteiger partial charge in [-0.3, -0.25) is 14.3 Å². The topological polar surface area (TPSA) is 54.7 Å². The number of hydrogen-bond donors (Lipinski definition) is 1. The van der Waals surface area contributed by atoms with Crippen molar-refractivity contribution >= 4 is 28.6 Å². The maximum Gasteiger partial charge on any atom is 0.262 e. The van der Waals surface area contributed by atoms with Crippen molar-refractivity contribution in [1.29, 1.82) is 0 Å². The number of fused-ring (bicyclic) bond motifs is 1. The summed E-state index contributed by atoms with van der Waals surface area (Å²) < 4.78 is 7.67. The molecule has 0 atom stereocenters. The summed E-state index contributed by atoms with van der Waals surface area (Å²) >= 11 is 1.70. The Morgan fingerprint density at radius 1 is 0.821 bits per heavy atom. The summed E-state index contributed by atoms with van der Waals surface area (Å²) in [7, 11) is 0. The zero-order valence-electron chi connectivity index (χ0n) is 21.6. The first-order chi connectivity index (χ1) is 19.1. The molecule has 0 radical (unpaired) electrons. The van der Waals surface area contributed by atoms with Gasteiger partial charge in [0.2, 0.25) is 0 Å². The molecule has 0 aliphatic carbocycles. The molecule has 0 bridgehead atoms. The van der Waals surface area contributed by atoms with E-state index in [9.17, 15) is 9.90 Å². The monoisotopic (exact) mass is 534 g/mol. The van der Waals surface area contributed by atoms with E-state index in [4.69, 9.17) is 4.74 Å². The summed E-state index contributed by atoms with van der Waals surface area (Å²) in [6.45, 7) is 3.86. The van der Waals surface area contributed by atoms with Gasteiger partial charge in [-0.05, 0) is 104 Å². The molecule has 2 heterocycles. The Bertz CT molecular complexity index is 1570. The summed E-state index contributed by atoms with van der Waals surface area (Å²) in [6.07, 6.45) is 2.53. The molecular formula is C33H30N2O3S. The first kappa shape index (κ1) is 25.3. The van der Waals surface area contributed by atoms with Crippen molar-refractivity contribution in [1.82, 2.24) is 9.47 Å². The molecule has 39 heavy (non-hydrogen) atoms. The molecule has 5 aromatic rings. The zero-order valence-corrected chi connectivity index (χ0v) is 22.4. The second-order valence-electron chi connectivity index (χ2n) is 9.77. The number of phenols is 1. The van der Waals surface area contributed by atoms with Gasteiger partial charge < -0.3 is 9.84 Å². The van der Waals surface area contributed by atoms with Gasteiger partial charge in [0.05, 0.1) is 11.2 Å². The Morgan fingerprint density at radius 3 is 2.28 bits per heavy atom. The van der Waals surface area contributed by atoms with Crippen molar-refractivity contribution in [2.24, 2.45) is 0 Å². The van der Waals surface area contributed by atoms with Crippen LogP contribution in [0.4, 0.5) is 0 Å². The summed E-state index contributed by atoms with van der Waals surface area (Å²) in [5.74, 6) is 0.806. The van der Waals surface area contributed by atoms with E-state index < -0.39 is 0 Å². The molecular weight excluding hydrogens is 504 g/mol. The highest BCUT2D eigenvalue weighted by molar-refractivity contribution is 7.99. The number of rotatable bonds is 8. The van der Waals surface area contributed by atoms with E-state index in [1.165, 1.54) is 17.7 Å². The largest absolute Gasteiger partial charge is 0.508 e. The number of carbonyl (C=O) groups is 1. The average Bonchev–Trinajstić information content (AvgIpc) is 3.62. The summed E-state index contributed by atoms with van der Waals surface area (Å²) in [5.41, 5.74) is 3.03. The lowest BCUT2D eigenvalue weighted by Crippen LogP contribution is -2.25. The standard InChI is InChI=1S/C33H30N2O3S/c36-27-12-17-31-26(22-27)23-32(24-10-15-30(16-11-24)39-29-6-2-1-3-7-29)35(31)33(37)25-8-13-28(14-9-25)38-21-20-34-18-4-5-19-34/h1-3,6-17,22-23,36H,4-5,18-21H2. The van der Waals surface area contributed by atoms with Crippen molar-refractivity contribution in [2.45, 2.75) is 22.6 Å². The fourth-order valence-electron chi connectivity index (χ4n) is 5.07. The molecule has 1 aliphatic rings. The number of ether oxygens (including phenoxy) is 1. The number of aromatic nitrogens is 1. The third kappa shape index (κ3) is 5.72. The minimum atomic E-state index is -0.128. The lowest BCUT2D eigenvalue weighted by molar-refractivity contribution is 0.0966. The van der Waals surface area contributed by atoms with Gasteiger partial charge >= 0.3 is 0 Å². The summed E-state index contributed by atoms with van der Waals surface area (Å²) in [4.78, 5) is 18.6. The van der Waals surface area contributed by atoms with Crippen LogP contribution in [0.1, 0.15) is 23.2 Å². The van der Waals surface area contributed by atoms with Crippen molar-refractivity contribution < 1.29 is 14.6 Å². The lowest BCUT2D eigenvalue weighted by Gasteiger charge is -2.15. The van der Waals surface area contributed by atoms with Crippen LogP contribution in [0.25, 0.3) is 22.2 Å². The molecule has 196 valence electrons. The second-order valence-corrected chi connectivity index (χ2v) is 10.9. The first-order valence-corrected chi connectivity index (χ1v) is 14.1. The van der Waals surface area contributed by atoms with E-state index >= 15 is 0 Å². The number of likely N-dealkylation sites (tertiary alicyclic amines) is 1. The fraction of sp³-hybridized carbons (Fsp3) is 0.182.